The van der Waals surface area contributed by atoms with E-state index in [9.17, 15) is 17.6 Å². The number of halogens is 4. The van der Waals surface area contributed by atoms with Gasteiger partial charge in [-0.25, -0.2) is 4.74 Å². The summed E-state index contributed by atoms with van der Waals surface area (Å²) in [4.78, 5) is 0. The molecule has 0 aliphatic carbocycles. The van der Waals surface area contributed by atoms with Gasteiger partial charge in [-0.2, -0.15) is 8.78 Å². The molecule has 1 heterocycles. The Kier molecular flexibility index (Phi) is 1.84. The highest BCUT2D eigenvalue weighted by molar-refractivity contribution is 4.78. The van der Waals surface area contributed by atoms with Crippen LogP contribution in [0.15, 0.2) is 0 Å². The van der Waals surface area contributed by atoms with Crippen molar-refractivity contribution in [2.45, 2.75) is 18.2 Å². The molecule has 0 amide bonds. The maximum atomic E-state index is 12.2. The first-order valence-corrected chi connectivity index (χ1v) is 2.71. The molecule has 0 bridgehead atoms. The van der Waals surface area contributed by atoms with Gasteiger partial charge in [0.25, 0.3) is 5.79 Å². The predicted molar refractivity (Wildman–Crippen MR) is 24.1 cm³/mol. The lowest BCUT2D eigenvalue weighted by Gasteiger charge is -2.37. The molecule has 0 aromatic rings. The second kappa shape index (κ2) is 2.28. The molecule has 8 heteroatoms. The zero-order valence-corrected chi connectivity index (χ0v) is 5.43. The van der Waals surface area contributed by atoms with Crippen molar-refractivity contribution >= 4 is 0 Å². The molecule has 1 rings (SSSR count). The Morgan fingerprint density at radius 3 is 1.92 bits per heavy atom. The van der Waals surface area contributed by atoms with Crippen molar-refractivity contribution < 1.29 is 37.2 Å². The Morgan fingerprint density at radius 1 is 1.08 bits per heavy atom. The van der Waals surface area contributed by atoms with Gasteiger partial charge >= 0.3 is 12.4 Å². The summed E-state index contributed by atoms with van der Waals surface area (Å²) in [6, 6.07) is 0. The van der Waals surface area contributed by atoms with Crippen molar-refractivity contribution in [1.29, 1.82) is 0 Å². The monoisotopic (exact) mass is 192 g/mol. The quantitative estimate of drug-likeness (QED) is 0.414. The lowest BCUT2D eigenvalue weighted by atomic mass is 10.2. The molecule has 0 unspecified atom stereocenters. The topological polar surface area (TPSA) is 58.9 Å². The smallest absolute Gasteiger partial charge is 0.357 e. The third-order valence-electron chi connectivity index (χ3n) is 1.15. The van der Waals surface area contributed by atoms with Crippen LogP contribution in [-0.2, 0) is 9.47 Å². The third kappa shape index (κ3) is 1.51. The van der Waals surface area contributed by atoms with Crippen LogP contribution in [0.3, 0.4) is 0 Å². The molecule has 12 heavy (non-hydrogen) atoms. The van der Waals surface area contributed by atoms with Crippen molar-refractivity contribution in [2.24, 2.45) is 0 Å². The molecule has 1 fully saturated rings. The summed E-state index contributed by atoms with van der Waals surface area (Å²) < 4.78 is 54.2. The fraction of sp³-hybridized carbons (Fsp3) is 1.00. The largest absolute Gasteiger partial charge is 0.490 e. The summed E-state index contributed by atoms with van der Waals surface area (Å²) in [5.74, 6) is -3.73. The van der Waals surface area contributed by atoms with Crippen LogP contribution in [-0.4, -0.2) is 35.0 Å². The van der Waals surface area contributed by atoms with Crippen LogP contribution in [0, 0.1) is 0 Å². The first kappa shape index (κ1) is 9.65. The number of hydrogen-bond acceptors (Lipinski definition) is 4. The highest BCUT2D eigenvalue weighted by Gasteiger charge is 2.64. The van der Waals surface area contributed by atoms with E-state index in [0.717, 1.165) is 0 Å². The molecule has 0 spiro atoms. The Hall–Kier alpha value is -0.440. The van der Waals surface area contributed by atoms with E-state index in [4.69, 9.17) is 10.2 Å². The minimum Gasteiger partial charge on any atom is -0.357 e. The van der Waals surface area contributed by atoms with Crippen molar-refractivity contribution in [3.63, 3.8) is 0 Å². The maximum Gasteiger partial charge on any atom is 0.490 e. The first-order chi connectivity index (χ1) is 5.16. The van der Waals surface area contributed by atoms with Crippen molar-refractivity contribution in [3.8, 4) is 0 Å². The lowest BCUT2D eigenvalue weighted by Crippen LogP contribution is -2.61. The highest BCUT2D eigenvalue weighted by atomic mass is 19.3. The number of ether oxygens (including phenoxy) is 2. The third-order valence-corrected chi connectivity index (χ3v) is 1.15. The summed E-state index contributed by atoms with van der Waals surface area (Å²) >= 11 is 0. The highest BCUT2D eigenvalue weighted by Crippen LogP contribution is 2.39. The van der Waals surface area contributed by atoms with Crippen molar-refractivity contribution in [3.05, 3.63) is 0 Å². The van der Waals surface area contributed by atoms with Gasteiger partial charge in [0.2, 0.25) is 0 Å². The van der Waals surface area contributed by atoms with Crippen molar-refractivity contribution in [2.75, 3.05) is 6.61 Å². The van der Waals surface area contributed by atoms with E-state index < -0.39 is 24.8 Å². The van der Waals surface area contributed by atoms with Gasteiger partial charge in [-0.05, 0) is 0 Å². The average Bonchev–Trinajstić information content (AvgIpc) is 1.79. The number of aliphatic hydroxyl groups is 2. The zero-order chi connectivity index (χ0) is 9.62. The fourth-order valence-corrected chi connectivity index (χ4v) is 0.529. The molecule has 0 saturated carbocycles. The van der Waals surface area contributed by atoms with Gasteiger partial charge in [0, 0.05) is 0 Å². The van der Waals surface area contributed by atoms with Gasteiger partial charge in [-0.15, -0.1) is 8.78 Å². The van der Waals surface area contributed by atoms with Gasteiger partial charge in [0.15, 0.2) is 0 Å². The summed E-state index contributed by atoms with van der Waals surface area (Å²) in [6.45, 7) is -1.63. The minimum atomic E-state index is -4.76. The van der Waals surface area contributed by atoms with E-state index in [2.05, 4.69) is 9.47 Å². The standard InChI is InChI=1S/C4H4F4O4/c5-3(6)2(9,10)1-11-4(7,8)12-3/h9-10H,1H2. The molecule has 1 aliphatic rings. The predicted octanol–water partition coefficient (Wildman–Crippen LogP) is -0.143. The van der Waals surface area contributed by atoms with Gasteiger partial charge in [0.05, 0.1) is 0 Å². The molecular formula is C4H4F4O4. The van der Waals surface area contributed by atoms with Crippen LogP contribution in [0.5, 0.6) is 0 Å². The molecule has 0 aromatic carbocycles. The molecule has 1 aliphatic heterocycles. The van der Waals surface area contributed by atoms with Crippen LogP contribution in [0.4, 0.5) is 17.6 Å². The first-order valence-electron chi connectivity index (χ1n) is 2.71. The van der Waals surface area contributed by atoms with Crippen LogP contribution in [0.2, 0.25) is 0 Å². The van der Waals surface area contributed by atoms with Gasteiger partial charge < -0.3 is 10.2 Å². The molecule has 4 nitrogen and oxygen atoms in total. The van der Waals surface area contributed by atoms with Crippen LogP contribution >= 0.6 is 0 Å². The summed E-state index contributed by atoms with van der Waals surface area (Å²) in [7, 11) is 0. The number of alkyl halides is 4. The Labute approximate surface area is 63.3 Å². The van der Waals surface area contributed by atoms with Crippen molar-refractivity contribution in [1.82, 2.24) is 0 Å². The van der Waals surface area contributed by atoms with Crippen LogP contribution in [0.25, 0.3) is 0 Å². The molecule has 1 saturated heterocycles. The SMILES string of the molecule is OC1(O)COC(F)(F)OC1(F)F. The lowest BCUT2D eigenvalue weighted by molar-refractivity contribution is -0.560. The van der Waals surface area contributed by atoms with E-state index in [1.165, 1.54) is 0 Å². The minimum absolute atomic E-state index is 1.63. The van der Waals surface area contributed by atoms with E-state index in [1.807, 2.05) is 0 Å². The van der Waals surface area contributed by atoms with Gasteiger partial charge in [-0.3, -0.25) is 4.74 Å². The fourth-order valence-electron chi connectivity index (χ4n) is 0.529. The summed E-state index contributed by atoms with van der Waals surface area (Å²) in [5.41, 5.74) is 0. The van der Waals surface area contributed by atoms with E-state index >= 15 is 0 Å². The molecule has 0 aromatic heterocycles. The van der Waals surface area contributed by atoms with E-state index in [0.29, 0.717) is 0 Å². The maximum absolute atomic E-state index is 12.2. The second-order valence-corrected chi connectivity index (χ2v) is 2.19. The molecule has 72 valence electrons. The zero-order valence-electron chi connectivity index (χ0n) is 5.43. The van der Waals surface area contributed by atoms with Gasteiger partial charge in [-0.1, -0.05) is 0 Å². The molecular weight excluding hydrogens is 188 g/mol. The van der Waals surface area contributed by atoms with Crippen LogP contribution < -0.4 is 0 Å². The van der Waals surface area contributed by atoms with Crippen LogP contribution in [0.1, 0.15) is 0 Å². The number of hydrogen-bond donors (Lipinski definition) is 2. The van der Waals surface area contributed by atoms with E-state index in [-0.39, 0.29) is 0 Å². The molecule has 0 atom stereocenters. The summed E-state index contributed by atoms with van der Waals surface area (Å²) in [6.07, 6.45) is -9.26. The summed E-state index contributed by atoms with van der Waals surface area (Å²) in [5, 5.41) is 16.7. The second-order valence-electron chi connectivity index (χ2n) is 2.19. The average molecular weight is 192 g/mol. The number of rotatable bonds is 0. The molecule has 0 radical (unpaired) electrons. The Morgan fingerprint density at radius 2 is 1.58 bits per heavy atom. The normalized spacial score (nSPS) is 31.5. The Bertz CT molecular complexity index is 191. The molecule has 2 N–H and O–H groups in total. The Balaban J connectivity index is 2.82. The van der Waals surface area contributed by atoms with E-state index in [1.54, 1.807) is 0 Å². The van der Waals surface area contributed by atoms with Gasteiger partial charge in [0.1, 0.15) is 6.61 Å².